The van der Waals surface area contributed by atoms with Gasteiger partial charge >= 0.3 is 0 Å². The van der Waals surface area contributed by atoms with Gasteiger partial charge in [-0.2, -0.15) is 0 Å². The molecule has 0 aliphatic carbocycles. The fraction of sp³-hybridized carbons (Fsp3) is 0.789. The van der Waals surface area contributed by atoms with Crippen molar-refractivity contribution in [3.8, 4) is 0 Å². The Labute approximate surface area is 185 Å². The summed E-state index contributed by atoms with van der Waals surface area (Å²) in [6, 6.07) is 0.0236. The van der Waals surface area contributed by atoms with Crippen molar-refractivity contribution in [2.45, 2.75) is 58.2 Å². The minimum absolute atomic E-state index is 0. The fourth-order valence-corrected chi connectivity index (χ4v) is 4.68. The summed E-state index contributed by atoms with van der Waals surface area (Å²) in [5.41, 5.74) is 1.14. The number of halogens is 2. The summed E-state index contributed by atoms with van der Waals surface area (Å²) >= 11 is 1.69. The van der Waals surface area contributed by atoms with Gasteiger partial charge in [-0.05, 0) is 58.5 Å². The monoisotopic (exact) mass is 452 g/mol. The van der Waals surface area contributed by atoms with Crippen LogP contribution < -0.4 is 10.6 Å². The molecule has 2 aliphatic rings. The van der Waals surface area contributed by atoms with Crippen LogP contribution in [0, 0.1) is 5.92 Å². The van der Waals surface area contributed by atoms with E-state index >= 15 is 0 Å². The number of aromatic nitrogens is 1. The third-order valence-electron chi connectivity index (χ3n) is 5.26. The number of ether oxygens (including phenoxy) is 1. The standard InChI is InChI=1S/C19H32N4O2S.2ClH/c1-3-25-14(2)19-22-16(13-26-19)12-23-9-5-6-15(11-23)10-21-18(24)17-7-4-8-20-17;;/h13-15,17,20H,3-12H2,1-2H3,(H,21,24);2*1H. The Morgan fingerprint density at radius 3 is 2.96 bits per heavy atom. The van der Waals surface area contributed by atoms with Crippen LogP contribution in [-0.2, 0) is 16.1 Å². The van der Waals surface area contributed by atoms with Crippen LogP contribution in [-0.4, -0.2) is 54.6 Å². The first kappa shape index (κ1) is 25.6. The molecule has 162 valence electrons. The van der Waals surface area contributed by atoms with E-state index in [9.17, 15) is 4.79 Å². The van der Waals surface area contributed by atoms with Crippen molar-refractivity contribution in [3.05, 3.63) is 16.1 Å². The second kappa shape index (κ2) is 13.0. The SMILES string of the molecule is CCOC(C)c1nc(CN2CCCC(CNC(=O)C3CCCN3)C2)cs1.Cl.Cl. The Morgan fingerprint density at radius 1 is 1.43 bits per heavy atom. The summed E-state index contributed by atoms with van der Waals surface area (Å²) in [6.07, 6.45) is 4.53. The van der Waals surface area contributed by atoms with E-state index < -0.39 is 0 Å². The zero-order valence-electron chi connectivity index (χ0n) is 16.8. The molecule has 1 aromatic heterocycles. The lowest BCUT2D eigenvalue weighted by Crippen LogP contribution is -2.45. The molecule has 2 N–H and O–H groups in total. The van der Waals surface area contributed by atoms with E-state index in [1.807, 2.05) is 6.92 Å². The minimum atomic E-state index is 0. The van der Waals surface area contributed by atoms with E-state index in [0.717, 1.165) is 56.3 Å². The molecule has 3 atom stereocenters. The van der Waals surface area contributed by atoms with Crippen molar-refractivity contribution in [2.24, 2.45) is 5.92 Å². The summed E-state index contributed by atoms with van der Waals surface area (Å²) in [7, 11) is 0. The molecule has 6 nitrogen and oxygen atoms in total. The maximum Gasteiger partial charge on any atom is 0.237 e. The largest absolute Gasteiger partial charge is 0.372 e. The first-order valence-corrected chi connectivity index (χ1v) is 10.8. The predicted molar refractivity (Wildman–Crippen MR) is 119 cm³/mol. The molecule has 1 aromatic rings. The predicted octanol–water partition coefficient (Wildman–Crippen LogP) is 3.16. The van der Waals surface area contributed by atoms with Crippen LogP contribution >= 0.6 is 36.2 Å². The highest BCUT2D eigenvalue weighted by atomic mass is 35.5. The summed E-state index contributed by atoms with van der Waals surface area (Å²) < 4.78 is 5.63. The number of hydrogen-bond donors (Lipinski definition) is 2. The molecule has 9 heteroatoms. The van der Waals surface area contributed by atoms with Crippen molar-refractivity contribution in [1.29, 1.82) is 0 Å². The van der Waals surface area contributed by atoms with Crippen LogP contribution in [0.25, 0.3) is 0 Å². The average Bonchev–Trinajstić information content (AvgIpc) is 3.32. The van der Waals surface area contributed by atoms with Crippen molar-refractivity contribution < 1.29 is 9.53 Å². The molecule has 3 rings (SSSR count). The number of carbonyl (C=O) groups excluding carboxylic acids is 1. The third-order valence-corrected chi connectivity index (χ3v) is 6.32. The van der Waals surface area contributed by atoms with Crippen LogP contribution in [0.3, 0.4) is 0 Å². The van der Waals surface area contributed by atoms with Gasteiger partial charge in [0, 0.05) is 31.6 Å². The van der Waals surface area contributed by atoms with E-state index in [1.165, 1.54) is 12.8 Å². The molecule has 0 spiro atoms. The average molecular weight is 453 g/mol. The number of nitrogens with one attached hydrogen (secondary N) is 2. The van der Waals surface area contributed by atoms with Gasteiger partial charge in [-0.1, -0.05) is 0 Å². The second-order valence-corrected chi connectivity index (χ2v) is 8.30. The third kappa shape index (κ3) is 7.43. The number of hydrogen-bond acceptors (Lipinski definition) is 6. The smallest absolute Gasteiger partial charge is 0.237 e. The molecule has 2 aliphatic heterocycles. The topological polar surface area (TPSA) is 66.5 Å². The van der Waals surface area contributed by atoms with Crippen LogP contribution in [0.4, 0.5) is 0 Å². The zero-order chi connectivity index (χ0) is 18.4. The highest BCUT2D eigenvalue weighted by Crippen LogP contribution is 2.23. The van der Waals surface area contributed by atoms with E-state index in [0.29, 0.717) is 12.5 Å². The van der Waals surface area contributed by atoms with E-state index in [1.54, 1.807) is 11.3 Å². The van der Waals surface area contributed by atoms with Gasteiger partial charge in [0.1, 0.15) is 11.1 Å². The summed E-state index contributed by atoms with van der Waals surface area (Å²) in [4.78, 5) is 19.4. The minimum Gasteiger partial charge on any atom is -0.372 e. The second-order valence-electron chi connectivity index (χ2n) is 7.41. The number of carbonyl (C=O) groups is 1. The van der Waals surface area contributed by atoms with Crippen molar-refractivity contribution in [3.63, 3.8) is 0 Å². The molecule has 0 radical (unpaired) electrons. The first-order valence-electron chi connectivity index (χ1n) is 9.95. The highest BCUT2D eigenvalue weighted by Gasteiger charge is 2.25. The quantitative estimate of drug-likeness (QED) is 0.633. The molecule has 0 aromatic carbocycles. The number of nitrogens with zero attached hydrogens (tertiary/aromatic N) is 2. The van der Waals surface area contributed by atoms with Crippen molar-refractivity contribution in [1.82, 2.24) is 20.5 Å². The molecule has 2 saturated heterocycles. The maximum atomic E-state index is 12.2. The lowest BCUT2D eigenvalue weighted by molar-refractivity contribution is -0.123. The molecular weight excluding hydrogens is 419 g/mol. The van der Waals surface area contributed by atoms with Gasteiger partial charge in [-0.15, -0.1) is 36.2 Å². The van der Waals surface area contributed by atoms with Crippen LogP contribution in [0.5, 0.6) is 0 Å². The zero-order valence-corrected chi connectivity index (χ0v) is 19.3. The molecule has 28 heavy (non-hydrogen) atoms. The molecule has 0 bridgehead atoms. The van der Waals surface area contributed by atoms with Crippen molar-refractivity contribution >= 4 is 42.1 Å². The Balaban J connectivity index is 0.00000196. The van der Waals surface area contributed by atoms with Gasteiger partial charge in [0.05, 0.1) is 11.7 Å². The molecular formula is C19H34Cl2N4O2S. The van der Waals surface area contributed by atoms with Gasteiger partial charge in [0.15, 0.2) is 0 Å². The van der Waals surface area contributed by atoms with E-state index in [-0.39, 0.29) is 42.9 Å². The van der Waals surface area contributed by atoms with Crippen LogP contribution in [0.1, 0.15) is 56.3 Å². The van der Waals surface area contributed by atoms with Gasteiger partial charge in [-0.25, -0.2) is 4.98 Å². The number of thiazole rings is 1. The van der Waals surface area contributed by atoms with Gasteiger partial charge in [-0.3, -0.25) is 9.69 Å². The summed E-state index contributed by atoms with van der Waals surface area (Å²) in [5, 5.41) is 9.64. The number of amides is 1. The molecule has 2 fully saturated rings. The lowest BCUT2D eigenvalue weighted by atomic mass is 9.97. The number of piperidine rings is 1. The maximum absolute atomic E-state index is 12.2. The Kier molecular flexibility index (Phi) is 11.9. The molecule has 3 heterocycles. The molecule has 1 amide bonds. The number of rotatable bonds is 8. The van der Waals surface area contributed by atoms with Gasteiger partial charge < -0.3 is 15.4 Å². The number of likely N-dealkylation sites (tertiary alicyclic amines) is 1. The van der Waals surface area contributed by atoms with Gasteiger partial charge in [0.2, 0.25) is 5.91 Å². The first-order chi connectivity index (χ1) is 12.7. The summed E-state index contributed by atoms with van der Waals surface area (Å²) in [5.74, 6) is 0.711. The van der Waals surface area contributed by atoms with E-state index in [4.69, 9.17) is 9.72 Å². The molecule has 3 unspecified atom stereocenters. The normalized spacial score (nSPS) is 23.5. The lowest BCUT2D eigenvalue weighted by Gasteiger charge is -2.32. The highest BCUT2D eigenvalue weighted by molar-refractivity contribution is 7.09. The molecule has 0 saturated carbocycles. The van der Waals surface area contributed by atoms with E-state index in [2.05, 4.69) is 27.8 Å². The van der Waals surface area contributed by atoms with Crippen molar-refractivity contribution in [2.75, 3.05) is 32.8 Å². The van der Waals surface area contributed by atoms with Crippen LogP contribution in [0.2, 0.25) is 0 Å². The fourth-order valence-electron chi connectivity index (χ4n) is 3.87. The van der Waals surface area contributed by atoms with Crippen LogP contribution in [0.15, 0.2) is 5.38 Å². The Bertz CT molecular complexity index is 584. The Morgan fingerprint density at radius 2 is 2.25 bits per heavy atom. The van der Waals surface area contributed by atoms with Gasteiger partial charge in [0.25, 0.3) is 0 Å². The summed E-state index contributed by atoms with van der Waals surface area (Å²) in [6.45, 7) is 9.58. The Hall–Kier alpha value is -0.440.